The second kappa shape index (κ2) is 7.78. The highest BCUT2D eigenvalue weighted by atomic mass is 79.9. The lowest BCUT2D eigenvalue weighted by Gasteiger charge is -2.17. The minimum atomic E-state index is -4.05. The molecule has 1 amide bonds. The lowest BCUT2D eigenvalue weighted by molar-refractivity contribution is 0.0894. The Hall–Kier alpha value is -0.340. The average Bonchev–Trinajstić information content (AvgIpc) is 2.39. The van der Waals surface area contributed by atoms with Crippen LogP contribution in [0.2, 0.25) is 5.02 Å². The molecule has 0 aliphatic rings. The zero-order valence-electron chi connectivity index (χ0n) is 11.3. The van der Waals surface area contributed by atoms with Crippen molar-refractivity contribution in [3.05, 3.63) is 27.2 Å². The van der Waals surface area contributed by atoms with Crippen LogP contribution in [0.1, 0.15) is 23.7 Å². The zero-order valence-corrected chi connectivity index (χ0v) is 15.2. The standard InChI is InChI=1S/C12H14BrCl2NO4S/c1-3-8(6-20-2)16-12(17)9-4-7(13)5-10(11(9)14)21(15,18)19/h4-5,8H,3,6H2,1-2H3,(H,16,17). The van der Waals surface area contributed by atoms with Crippen LogP contribution in [-0.2, 0) is 13.8 Å². The largest absolute Gasteiger partial charge is 0.383 e. The molecule has 0 bridgehead atoms. The van der Waals surface area contributed by atoms with Crippen molar-refractivity contribution in [2.75, 3.05) is 13.7 Å². The van der Waals surface area contributed by atoms with Gasteiger partial charge in [0.05, 0.1) is 23.2 Å². The van der Waals surface area contributed by atoms with Gasteiger partial charge >= 0.3 is 0 Å². The van der Waals surface area contributed by atoms with Gasteiger partial charge in [-0.25, -0.2) is 8.42 Å². The van der Waals surface area contributed by atoms with Gasteiger partial charge in [-0.05, 0) is 18.6 Å². The third kappa shape index (κ3) is 5.10. The number of rotatable bonds is 6. The lowest BCUT2D eigenvalue weighted by Crippen LogP contribution is -2.37. The molecule has 21 heavy (non-hydrogen) atoms. The molecule has 0 saturated heterocycles. The number of nitrogens with one attached hydrogen (secondary N) is 1. The van der Waals surface area contributed by atoms with E-state index >= 15 is 0 Å². The lowest BCUT2D eigenvalue weighted by atomic mass is 10.1. The van der Waals surface area contributed by atoms with Gasteiger partial charge in [-0.3, -0.25) is 4.79 Å². The van der Waals surface area contributed by atoms with Crippen molar-refractivity contribution < 1.29 is 17.9 Å². The SMILES string of the molecule is CCC(COC)NC(=O)c1cc(Br)cc(S(=O)(=O)Cl)c1Cl. The highest BCUT2D eigenvalue weighted by molar-refractivity contribution is 9.10. The number of hydrogen-bond donors (Lipinski definition) is 1. The fourth-order valence-electron chi connectivity index (χ4n) is 1.63. The Kier molecular flexibility index (Phi) is 6.93. The normalized spacial score (nSPS) is 13.0. The maximum absolute atomic E-state index is 12.2. The molecule has 1 N–H and O–H groups in total. The first-order valence-corrected chi connectivity index (χ1v) is 9.42. The first-order valence-electron chi connectivity index (χ1n) is 5.94. The second-order valence-corrected chi connectivity index (χ2v) is 8.07. The molecule has 0 saturated carbocycles. The third-order valence-electron chi connectivity index (χ3n) is 2.71. The van der Waals surface area contributed by atoms with Gasteiger partial charge in [0.1, 0.15) is 4.90 Å². The molecule has 0 radical (unpaired) electrons. The zero-order chi connectivity index (χ0) is 16.2. The fraction of sp³-hybridized carbons (Fsp3) is 0.417. The van der Waals surface area contributed by atoms with E-state index in [1.54, 1.807) is 0 Å². The Balaban J connectivity index is 3.19. The summed E-state index contributed by atoms with van der Waals surface area (Å²) in [6.45, 7) is 2.23. The van der Waals surface area contributed by atoms with Crippen molar-refractivity contribution >= 4 is 53.2 Å². The minimum absolute atomic E-state index is 0.0276. The third-order valence-corrected chi connectivity index (χ3v) is 5.03. The Bertz CT molecular complexity index is 636. The van der Waals surface area contributed by atoms with Gasteiger partial charge in [0, 0.05) is 22.3 Å². The molecule has 0 fully saturated rings. The molecule has 1 aromatic carbocycles. The van der Waals surface area contributed by atoms with Crippen LogP contribution in [0.5, 0.6) is 0 Å². The van der Waals surface area contributed by atoms with Crippen LogP contribution in [-0.4, -0.2) is 34.1 Å². The molecule has 1 unspecified atom stereocenters. The minimum Gasteiger partial charge on any atom is -0.383 e. The van der Waals surface area contributed by atoms with Crippen LogP contribution in [0, 0.1) is 0 Å². The maximum atomic E-state index is 12.2. The number of methoxy groups -OCH3 is 1. The summed E-state index contributed by atoms with van der Waals surface area (Å²) >= 11 is 9.12. The Morgan fingerprint density at radius 1 is 1.48 bits per heavy atom. The molecule has 0 heterocycles. The van der Waals surface area contributed by atoms with Crippen LogP contribution in [0.3, 0.4) is 0 Å². The topological polar surface area (TPSA) is 72.5 Å². The quantitative estimate of drug-likeness (QED) is 0.720. The Morgan fingerprint density at radius 2 is 2.10 bits per heavy atom. The van der Waals surface area contributed by atoms with Crippen LogP contribution in [0.4, 0.5) is 0 Å². The number of carbonyl (C=O) groups is 1. The molecule has 118 valence electrons. The highest BCUT2D eigenvalue weighted by Gasteiger charge is 2.23. The highest BCUT2D eigenvalue weighted by Crippen LogP contribution is 2.31. The predicted molar refractivity (Wildman–Crippen MR) is 85.6 cm³/mol. The molecular formula is C12H14BrCl2NO4S. The van der Waals surface area contributed by atoms with Gasteiger partial charge in [0.15, 0.2) is 0 Å². The number of amides is 1. The van der Waals surface area contributed by atoms with E-state index in [0.717, 1.165) is 0 Å². The first-order chi connectivity index (χ1) is 9.70. The number of halogens is 3. The molecule has 1 rings (SSSR count). The molecule has 0 spiro atoms. The van der Waals surface area contributed by atoms with E-state index in [-0.39, 0.29) is 21.5 Å². The Morgan fingerprint density at radius 3 is 2.57 bits per heavy atom. The number of carbonyl (C=O) groups excluding carboxylic acids is 1. The molecule has 0 aliphatic heterocycles. The summed E-state index contributed by atoms with van der Waals surface area (Å²) in [5, 5.41) is 2.51. The molecule has 1 atom stereocenters. The summed E-state index contributed by atoms with van der Waals surface area (Å²) in [7, 11) is 2.79. The molecule has 0 aromatic heterocycles. The fourth-order valence-corrected chi connectivity index (χ4v) is 3.82. The molecular weight excluding hydrogens is 405 g/mol. The van der Waals surface area contributed by atoms with Gasteiger partial charge < -0.3 is 10.1 Å². The van der Waals surface area contributed by atoms with E-state index in [9.17, 15) is 13.2 Å². The van der Waals surface area contributed by atoms with Crippen molar-refractivity contribution in [1.29, 1.82) is 0 Å². The summed E-state index contributed by atoms with van der Waals surface area (Å²) in [4.78, 5) is 11.9. The van der Waals surface area contributed by atoms with Crippen LogP contribution in [0.25, 0.3) is 0 Å². The smallest absolute Gasteiger partial charge is 0.262 e. The van der Waals surface area contributed by atoms with E-state index in [0.29, 0.717) is 17.5 Å². The summed E-state index contributed by atoms with van der Waals surface area (Å²) in [6.07, 6.45) is 0.659. The van der Waals surface area contributed by atoms with Gasteiger partial charge in [0.2, 0.25) is 0 Å². The van der Waals surface area contributed by atoms with E-state index in [1.807, 2.05) is 6.92 Å². The number of hydrogen-bond acceptors (Lipinski definition) is 4. The monoisotopic (exact) mass is 417 g/mol. The van der Waals surface area contributed by atoms with Gasteiger partial charge in [-0.15, -0.1) is 0 Å². The molecule has 1 aromatic rings. The van der Waals surface area contributed by atoms with Crippen molar-refractivity contribution in [3.63, 3.8) is 0 Å². The van der Waals surface area contributed by atoms with Crippen LogP contribution < -0.4 is 5.32 Å². The van der Waals surface area contributed by atoms with E-state index in [2.05, 4.69) is 21.2 Å². The van der Waals surface area contributed by atoms with Crippen molar-refractivity contribution in [1.82, 2.24) is 5.32 Å². The van der Waals surface area contributed by atoms with Crippen molar-refractivity contribution in [3.8, 4) is 0 Å². The summed E-state index contributed by atoms with van der Waals surface area (Å²) in [6, 6.07) is 2.48. The maximum Gasteiger partial charge on any atom is 0.262 e. The molecule has 0 aliphatic carbocycles. The van der Waals surface area contributed by atoms with Gasteiger partial charge in [-0.2, -0.15) is 0 Å². The van der Waals surface area contributed by atoms with E-state index in [1.165, 1.54) is 19.2 Å². The van der Waals surface area contributed by atoms with Crippen molar-refractivity contribution in [2.45, 2.75) is 24.3 Å². The average molecular weight is 419 g/mol. The summed E-state index contributed by atoms with van der Waals surface area (Å²) in [5.41, 5.74) is 0.0276. The van der Waals surface area contributed by atoms with Crippen LogP contribution in [0.15, 0.2) is 21.5 Å². The molecule has 5 nitrogen and oxygen atoms in total. The Labute approximate surface area is 141 Å². The van der Waals surface area contributed by atoms with E-state index < -0.39 is 15.0 Å². The van der Waals surface area contributed by atoms with Gasteiger partial charge in [0.25, 0.3) is 15.0 Å². The number of ether oxygens (including phenoxy) is 1. The summed E-state index contributed by atoms with van der Waals surface area (Å²) < 4.78 is 28.3. The first kappa shape index (κ1) is 18.7. The summed E-state index contributed by atoms with van der Waals surface area (Å²) in [5.74, 6) is -0.494. The number of benzene rings is 1. The van der Waals surface area contributed by atoms with E-state index in [4.69, 9.17) is 27.0 Å². The molecule has 9 heteroatoms. The predicted octanol–water partition coefficient (Wildman–Crippen LogP) is 3.18. The van der Waals surface area contributed by atoms with Crippen LogP contribution >= 0.6 is 38.2 Å². The van der Waals surface area contributed by atoms with Crippen molar-refractivity contribution in [2.24, 2.45) is 0 Å². The second-order valence-electron chi connectivity index (χ2n) is 4.24. The van der Waals surface area contributed by atoms with Gasteiger partial charge in [-0.1, -0.05) is 34.5 Å².